The summed E-state index contributed by atoms with van der Waals surface area (Å²) in [6.07, 6.45) is 0. The van der Waals surface area contributed by atoms with E-state index in [2.05, 4.69) is 9.85 Å². The van der Waals surface area contributed by atoms with Crippen LogP contribution in [0.4, 0.5) is 0 Å². The number of carbonyl (C=O) groups is 2. The molecule has 0 aromatic heterocycles. The maximum absolute atomic E-state index is 11.7. The number of benzene rings is 1. The number of Topliss-reactive ketones (excluding diaryl/α,β-unsaturated/α-hetero) is 1. The van der Waals surface area contributed by atoms with E-state index in [-0.39, 0.29) is 6.61 Å². The quantitative estimate of drug-likeness (QED) is 0.328. The number of esters is 1. The minimum atomic E-state index is -1.50. The minimum absolute atomic E-state index is 0.132. The molecule has 0 radical (unpaired) electrons. The molecule has 1 aromatic rings. The molecule has 0 heterocycles. The first-order valence-electron chi connectivity index (χ1n) is 4.80. The van der Waals surface area contributed by atoms with Gasteiger partial charge in [0.25, 0.3) is 0 Å². The van der Waals surface area contributed by atoms with Crippen LogP contribution in [-0.4, -0.2) is 24.4 Å². The van der Waals surface area contributed by atoms with Crippen LogP contribution in [-0.2, 0) is 9.53 Å². The van der Waals surface area contributed by atoms with Crippen LogP contribution in [0.25, 0.3) is 5.53 Å². The van der Waals surface area contributed by atoms with Gasteiger partial charge in [-0.3, -0.25) is 4.79 Å². The summed E-state index contributed by atoms with van der Waals surface area (Å²) in [5, 5.41) is 2.76. The van der Waals surface area contributed by atoms with E-state index < -0.39 is 17.8 Å². The highest BCUT2D eigenvalue weighted by Gasteiger charge is 2.25. The Morgan fingerprint density at radius 3 is 2.50 bits per heavy atom. The van der Waals surface area contributed by atoms with Gasteiger partial charge >= 0.3 is 5.97 Å². The van der Waals surface area contributed by atoms with E-state index in [1.807, 2.05) is 0 Å². The predicted molar refractivity (Wildman–Crippen MR) is 57.0 cm³/mol. The maximum Gasteiger partial charge on any atom is 0.337 e. The van der Waals surface area contributed by atoms with Crippen LogP contribution in [0.2, 0.25) is 0 Å². The van der Waals surface area contributed by atoms with Crippen LogP contribution in [0.15, 0.2) is 35.4 Å². The molecule has 0 spiro atoms. The lowest BCUT2D eigenvalue weighted by Gasteiger charge is -2.12. The third-order valence-corrected chi connectivity index (χ3v) is 1.93. The first kappa shape index (κ1) is 12.0. The Labute approximate surface area is 92.9 Å². The smallest absolute Gasteiger partial charge is 0.337 e. The number of nitrogens with zero attached hydrogens (tertiary/aromatic N) is 2. The molecule has 0 fully saturated rings. The van der Waals surface area contributed by atoms with Gasteiger partial charge in [0.1, 0.15) is 0 Å². The SMILES string of the molecule is CCOC(=O)C(N=[N-])C(=O)c1ccccc1. The molecule has 0 amide bonds. The zero-order chi connectivity index (χ0) is 12.0. The van der Waals surface area contributed by atoms with E-state index in [1.54, 1.807) is 37.3 Å². The first-order valence-corrected chi connectivity index (χ1v) is 4.80. The highest BCUT2D eigenvalue weighted by Crippen LogP contribution is 2.07. The second kappa shape index (κ2) is 5.75. The lowest BCUT2D eigenvalue weighted by Crippen LogP contribution is -2.29. The van der Waals surface area contributed by atoms with E-state index in [1.165, 1.54) is 0 Å². The summed E-state index contributed by atoms with van der Waals surface area (Å²) in [6, 6.07) is 6.65. The first-order chi connectivity index (χ1) is 7.70. The number of hydrogen-bond donors (Lipinski definition) is 0. The summed E-state index contributed by atoms with van der Waals surface area (Å²) in [7, 11) is 0. The van der Waals surface area contributed by atoms with E-state index >= 15 is 0 Å². The third-order valence-electron chi connectivity index (χ3n) is 1.93. The molecular weight excluding hydrogens is 208 g/mol. The van der Waals surface area contributed by atoms with Crippen molar-refractivity contribution in [1.82, 2.24) is 0 Å². The van der Waals surface area contributed by atoms with Crippen LogP contribution in [0.5, 0.6) is 0 Å². The predicted octanol–water partition coefficient (Wildman–Crippen LogP) is 1.82. The molecule has 1 aromatic carbocycles. The standard InChI is InChI=1S/C11H11N2O3/c1-2-16-11(15)9(13-12)10(14)8-6-4-3-5-7-8/h3-7,9H,2H2,1H3/q-1. The molecule has 5 heteroatoms. The fraction of sp³-hybridized carbons (Fsp3) is 0.273. The van der Waals surface area contributed by atoms with Crippen molar-refractivity contribution >= 4 is 11.8 Å². The van der Waals surface area contributed by atoms with Crippen molar-refractivity contribution < 1.29 is 14.3 Å². The van der Waals surface area contributed by atoms with Crippen LogP contribution >= 0.6 is 0 Å². The van der Waals surface area contributed by atoms with Crippen molar-refractivity contribution in [3.05, 3.63) is 41.4 Å². The Morgan fingerprint density at radius 1 is 1.38 bits per heavy atom. The van der Waals surface area contributed by atoms with Gasteiger partial charge in [0, 0.05) is 5.56 Å². The minimum Gasteiger partial charge on any atom is -0.711 e. The summed E-state index contributed by atoms with van der Waals surface area (Å²) >= 11 is 0. The van der Waals surface area contributed by atoms with Crippen molar-refractivity contribution in [1.29, 1.82) is 0 Å². The Hall–Kier alpha value is -2.04. The van der Waals surface area contributed by atoms with E-state index in [0.717, 1.165) is 0 Å². The number of carbonyl (C=O) groups excluding carboxylic acids is 2. The third kappa shape index (κ3) is 2.73. The lowest BCUT2D eigenvalue weighted by molar-refractivity contribution is -0.143. The van der Waals surface area contributed by atoms with Crippen molar-refractivity contribution in [2.75, 3.05) is 6.61 Å². The second-order valence-electron chi connectivity index (χ2n) is 3.00. The van der Waals surface area contributed by atoms with Gasteiger partial charge in [-0.1, -0.05) is 30.3 Å². The van der Waals surface area contributed by atoms with Crippen LogP contribution in [0, 0.1) is 0 Å². The molecule has 1 rings (SSSR count). The molecule has 0 N–H and O–H groups in total. The van der Waals surface area contributed by atoms with Crippen LogP contribution in [0.1, 0.15) is 17.3 Å². The Balaban J connectivity index is 2.86. The van der Waals surface area contributed by atoms with Crippen LogP contribution in [0.3, 0.4) is 0 Å². The lowest BCUT2D eigenvalue weighted by atomic mass is 10.1. The van der Waals surface area contributed by atoms with Gasteiger partial charge < -0.3 is 15.4 Å². The second-order valence-corrected chi connectivity index (χ2v) is 3.00. The fourth-order valence-electron chi connectivity index (χ4n) is 1.19. The molecule has 16 heavy (non-hydrogen) atoms. The van der Waals surface area contributed by atoms with E-state index in [4.69, 9.17) is 5.53 Å². The van der Waals surface area contributed by atoms with Gasteiger partial charge in [-0.05, 0) is 6.92 Å². The van der Waals surface area contributed by atoms with E-state index in [0.29, 0.717) is 5.56 Å². The Morgan fingerprint density at radius 2 is 2.00 bits per heavy atom. The number of rotatable bonds is 5. The van der Waals surface area contributed by atoms with Gasteiger partial charge in [0.15, 0.2) is 11.8 Å². The van der Waals surface area contributed by atoms with Crippen LogP contribution < -0.4 is 0 Å². The topological polar surface area (TPSA) is 78.0 Å². The number of ketones is 1. The summed E-state index contributed by atoms with van der Waals surface area (Å²) in [6.45, 7) is 1.74. The zero-order valence-electron chi connectivity index (χ0n) is 8.79. The molecule has 0 aliphatic carbocycles. The molecule has 1 unspecified atom stereocenters. The number of hydrogen-bond acceptors (Lipinski definition) is 4. The molecule has 0 aliphatic heterocycles. The van der Waals surface area contributed by atoms with Gasteiger partial charge in [-0.15, -0.1) is 0 Å². The zero-order valence-corrected chi connectivity index (χ0v) is 8.79. The molecule has 5 nitrogen and oxygen atoms in total. The molecule has 0 saturated carbocycles. The average Bonchev–Trinajstić information content (AvgIpc) is 2.31. The highest BCUT2D eigenvalue weighted by atomic mass is 16.5. The van der Waals surface area contributed by atoms with Crippen molar-refractivity contribution in [2.45, 2.75) is 13.0 Å². The number of ether oxygens (including phenoxy) is 1. The van der Waals surface area contributed by atoms with Gasteiger partial charge in [0.05, 0.1) is 6.61 Å². The average molecular weight is 219 g/mol. The monoisotopic (exact) mass is 219 g/mol. The molecule has 0 aliphatic rings. The molecular formula is C11H11N2O3-. The van der Waals surface area contributed by atoms with Gasteiger partial charge in [-0.2, -0.15) is 0 Å². The van der Waals surface area contributed by atoms with Crippen molar-refractivity contribution in [2.24, 2.45) is 5.11 Å². The summed E-state index contributed by atoms with van der Waals surface area (Å²) in [4.78, 5) is 23.0. The largest absolute Gasteiger partial charge is 0.711 e. The maximum atomic E-state index is 11.7. The van der Waals surface area contributed by atoms with Crippen molar-refractivity contribution in [3.8, 4) is 0 Å². The highest BCUT2D eigenvalue weighted by molar-refractivity contribution is 6.12. The molecule has 1 atom stereocenters. The molecule has 0 saturated heterocycles. The molecule has 0 bridgehead atoms. The van der Waals surface area contributed by atoms with Gasteiger partial charge in [-0.25, -0.2) is 4.79 Å². The molecule has 84 valence electrons. The summed E-state index contributed by atoms with van der Waals surface area (Å²) < 4.78 is 4.62. The Kier molecular flexibility index (Phi) is 4.32. The summed E-state index contributed by atoms with van der Waals surface area (Å²) in [5.41, 5.74) is 8.96. The Bertz CT molecular complexity index is 389. The normalized spacial score (nSPS) is 11.6. The van der Waals surface area contributed by atoms with Crippen molar-refractivity contribution in [3.63, 3.8) is 0 Å². The van der Waals surface area contributed by atoms with E-state index in [9.17, 15) is 9.59 Å². The van der Waals surface area contributed by atoms with Gasteiger partial charge in [0.2, 0.25) is 0 Å². The summed E-state index contributed by atoms with van der Waals surface area (Å²) in [5.74, 6) is -1.43. The fourth-order valence-corrected chi connectivity index (χ4v) is 1.19.